The summed E-state index contributed by atoms with van der Waals surface area (Å²) in [6.45, 7) is 3.82. The summed E-state index contributed by atoms with van der Waals surface area (Å²) in [6, 6.07) is 2.27. The van der Waals surface area contributed by atoms with Crippen LogP contribution in [0.4, 0.5) is 4.79 Å². The molecule has 1 N–H and O–H groups in total. The van der Waals surface area contributed by atoms with Gasteiger partial charge < -0.3 is 0 Å². The van der Waals surface area contributed by atoms with Gasteiger partial charge in [0.25, 0.3) is 0 Å². The third-order valence-corrected chi connectivity index (χ3v) is 0.638. The molecule has 0 aromatic carbocycles. The van der Waals surface area contributed by atoms with Crippen LogP contribution in [-0.4, -0.2) is 13.1 Å². The van der Waals surface area contributed by atoms with Gasteiger partial charge in [0.2, 0.25) is 0 Å². The van der Waals surface area contributed by atoms with Crippen LogP contribution in [0.1, 0.15) is 13.8 Å². The second-order valence-electron chi connectivity index (χ2n) is 1.95. The Bertz CT molecular complexity index is 152. The lowest BCUT2D eigenvalue weighted by atomic mass is 10.3. The minimum absolute atomic E-state index is 0.210. The van der Waals surface area contributed by atoms with E-state index in [2.05, 4.69) is 16.2 Å². The van der Waals surface area contributed by atoms with Gasteiger partial charge in [-0.05, 0) is 13.8 Å². The first-order valence-corrected chi connectivity index (χ1v) is 2.84. The Hall–Kier alpha value is -1.04. The minimum atomic E-state index is -0.344. The van der Waals surface area contributed by atoms with Gasteiger partial charge in [-0.15, -0.1) is 4.85 Å². The molecule has 0 radical (unpaired) electrons. The van der Waals surface area contributed by atoms with Crippen LogP contribution >= 0.6 is 0 Å². The molecule has 0 fully saturated rings. The van der Waals surface area contributed by atoms with Crippen LogP contribution in [0.2, 0.25) is 0 Å². The highest BCUT2D eigenvalue weighted by molar-refractivity contribution is 5.84. The van der Waals surface area contributed by atoms with Crippen molar-refractivity contribution in [3.05, 3.63) is 4.85 Å². The molecule has 2 amide bonds. The standard InChI is InChI=1S/C6H10N2O/c1-5(2)4-8-6(9)7-3/h5H,1-3H3/p+1. The summed E-state index contributed by atoms with van der Waals surface area (Å²) in [5.74, 6) is 0.210. The summed E-state index contributed by atoms with van der Waals surface area (Å²) >= 11 is 0. The van der Waals surface area contributed by atoms with Gasteiger partial charge in [0, 0.05) is 0 Å². The Morgan fingerprint density at radius 1 is 1.67 bits per heavy atom. The van der Waals surface area contributed by atoms with Crippen molar-refractivity contribution < 1.29 is 4.79 Å². The topological polar surface area (TPSA) is 33.5 Å². The van der Waals surface area contributed by atoms with Gasteiger partial charge in [-0.1, -0.05) is 0 Å². The second-order valence-corrected chi connectivity index (χ2v) is 1.95. The Kier molecular flexibility index (Phi) is 3.45. The molecule has 0 aromatic rings. The van der Waals surface area contributed by atoms with Crippen LogP contribution in [-0.2, 0) is 0 Å². The molecule has 3 heteroatoms. The first-order valence-electron chi connectivity index (χ1n) is 2.84. The molecule has 0 saturated heterocycles. The molecule has 0 aliphatic heterocycles. The molecular formula is C6H11N2O+. The van der Waals surface area contributed by atoms with Gasteiger partial charge >= 0.3 is 6.03 Å². The summed E-state index contributed by atoms with van der Waals surface area (Å²) in [6.07, 6.45) is 0. The van der Waals surface area contributed by atoms with Crippen molar-refractivity contribution in [2.24, 2.45) is 5.92 Å². The highest BCUT2D eigenvalue weighted by atomic mass is 16.2. The molecule has 3 nitrogen and oxygen atoms in total. The Morgan fingerprint density at radius 3 is 2.56 bits per heavy atom. The summed E-state index contributed by atoms with van der Waals surface area (Å²) < 4.78 is 0. The average molecular weight is 127 g/mol. The number of carbonyl (C=O) groups is 1. The van der Waals surface area contributed by atoms with Crippen molar-refractivity contribution in [1.29, 1.82) is 0 Å². The van der Waals surface area contributed by atoms with E-state index in [9.17, 15) is 4.79 Å². The van der Waals surface area contributed by atoms with E-state index < -0.39 is 0 Å². The van der Waals surface area contributed by atoms with Crippen molar-refractivity contribution in [3.8, 4) is 6.07 Å². The van der Waals surface area contributed by atoms with Crippen molar-refractivity contribution in [2.75, 3.05) is 7.05 Å². The zero-order valence-electron chi connectivity index (χ0n) is 5.93. The normalized spacial score (nSPS) is 8.00. The first-order chi connectivity index (χ1) is 4.16. The fraction of sp³-hybridized carbons (Fsp3) is 0.667. The first kappa shape index (κ1) is 7.96. The van der Waals surface area contributed by atoms with E-state index in [0.717, 1.165) is 0 Å². The lowest BCUT2D eigenvalue weighted by Crippen LogP contribution is -2.10. The average Bonchev–Trinajstić information content (AvgIpc) is 1.83. The number of urea groups is 1. The number of hydrogen-bond donors (Lipinski definition) is 1. The highest BCUT2D eigenvalue weighted by Gasteiger charge is 2.00. The summed E-state index contributed by atoms with van der Waals surface area (Å²) in [7, 11) is 1.54. The van der Waals surface area contributed by atoms with E-state index in [1.54, 1.807) is 0 Å². The molecule has 0 heterocycles. The molecule has 0 aromatic heterocycles. The van der Waals surface area contributed by atoms with E-state index in [1.807, 2.05) is 13.8 Å². The third kappa shape index (κ3) is 4.82. The molecule has 0 bridgehead atoms. The van der Waals surface area contributed by atoms with Gasteiger partial charge in [-0.2, -0.15) is 4.79 Å². The van der Waals surface area contributed by atoms with Crippen LogP contribution in [0.3, 0.4) is 0 Å². The number of carbonyl (C=O) groups excluding carboxylic acids is 1. The smallest absolute Gasteiger partial charge is 0.225 e. The maximum Gasteiger partial charge on any atom is 0.597 e. The predicted octanol–water partition coefficient (Wildman–Crippen LogP) is 1.31. The van der Waals surface area contributed by atoms with Crippen molar-refractivity contribution in [3.63, 3.8) is 0 Å². The van der Waals surface area contributed by atoms with Gasteiger partial charge in [0.15, 0.2) is 6.07 Å². The van der Waals surface area contributed by atoms with Crippen molar-refractivity contribution >= 4 is 6.03 Å². The van der Waals surface area contributed by atoms with E-state index in [0.29, 0.717) is 0 Å². The Labute approximate surface area is 54.9 Å². The van der Waals surface area contributed by atoms with Gasteiger partial charge in [0.05, 0.1) is 13.0 Å². The zero-order valence-corrected chi connectivity index (χ0v) is 5.93. The predicted molar refractivity (Wildman–Crippen MR) is 36.5 cm³/mol. The monoisotopic (exact) mass is 127 g/mol. The fourth-order valence-electron chi connectivity index (χ4n) is 0.244. The largest absolute Gasteiger partial charge is 0.597 e. The van der Waals surface area contributed by atoms with E-state index >= 15 is 0 Å². The van der Waals surface area contributed by atoms with Crippen LogP contribution < -0.4 is 5.32 Å². The van der Waals surface area contributed by atoms with E-state index in [4.69, 9.17) is 0 Å². The molecule has 0 rings (SSSR count). The maximum absolute atomic E-state index is 10.4. The Morgan fingerprint density at radius 2 is 2.22 bits per heavy atom. The van der Waals surface area contributed by atoms with Gasteiger partial charge in [-0.25, -0.2) is 5.32 Å². The maximum atomic E-state index is 10.4. The molecule has 0 unspecified atom stereocenters. The molecule has 0 aliphatic rings. The number of hydrogen-bond acceptors (Lipinski definition) is 1. The lowest BCUT2D eigenvalue weighted by Gasteiger charge is -1.77. The molecule has 0 aliphatic carbocycles. The lowest BCUT2D eigenvalue weighted by molar-refractivity contribution is 0.256. The van der Waals surface area contributed by atoms with Gasteiger partial charge in [-0.3, -0.25) is 0 Å². The van der Waals surface area contributed by atoms with Crippen molar-refractivity contribution in [2.45, 2.75) is 13.8 Å². The SMILES string of the molecule is CNC(=O)[N+]#CC(C)C. The number of nitrogens with zero attached hydrogens (tertiary/aromatic N) is 1. The molecule has 50 valence electrons. The van der Waals surface area contributed by atoms with E-state index in [1.165, 1.54) is 7.05 Å². The highest BCUT2D eigenvalue weighted by Crippen LogP contribution is 1.86. The number of rotatable bonds is 0. The zero-order chi connectivity index (χ0) is 7.28. The molecule has 0 saturated carbocycles. The van der Waals surface area contributed by atoms with Crippen LogP contribution in [0.5, 0.6) is 0 Å². The van der Waals surface area contributed by atoms with E-state index in [-0.39, 0.29) is 11.9 Å². The fourth-order valence-corrected chi connectivity index (χ4v) is 0.244. The van der Waals surface area contributed by atoms with Crippen LogP contribution in [0.25, 0.3) is 4.85 Å². The third-order valence-electron chi connectivity index (χ3n) is 0.638. The Balaban J connectivity index is 3.73. The summed E-state index contributed by atoms with van der Waals surface area (Å²) in [5.41, 5.74) is 0. The van der Waals surface area contributed by atoms with Crippen LogP contribution in [0.15, 0.2) is 0 Å². The summed E-state index contributed by atoms with van der Waals surface area (Å²) in [4.78, 5) is 13.8. The van der Waals surface area contributed by atoms with Gasteiger partial charge in [0.1, 0.15) is 0 Å². The quantitative estimate of drug-likeness (QED) is 0.523. The molecule has 0 spiro atoms. The summed E-state index contributed by atoms with van der Waals surface area (Å²) in [5, 5.41) is 2.35. The minimum Gasteiger partial charge on any atom is -0.225 e. The number of nitrogens with one attached hydrogen (secondary N) is 1. The molecule has 0 atom stereocenters. The van der Waals surface area contributed by atoms with Crippen molar-refractivity contribution in [1.82, 2.24) is 5.32 Å². The second kappa shape index (κ2) is 3.90. The molecule has 9 heavy (non-hydrogen) atoms. The molecular weight excluding hydrogens is 116 g/mol. The number of amides is 2. The van der Waals surface area contributed by atoms with Crippen LogP contribution in [0, 0.1) is 12.0 Å².